The van der Waals surface area contributed by atoms with Gasteiger partial charge in [0.15, 0.2) is 4.77 Å². The van der Waals surface area contributed by atoms with E-state index in [0.717, 1.165) is 17.4 Å². The molecule has 1 heterocycles. The second-order valence-electron chi connectivity index (χ2n) is 5.52. The molecule has 17 heavy (non-hydrogen) atoms. The predicted octanol–water partition coefficient (Wildman–Crippen LogP) is 2.30. The molecule has 1 unspecified atom stereocenters. The maximum absolute atomic E-state index is 5.33. The van der Waals surface area contributed by atoms with Crippen LogP contribution in [0.15, 0.2) is 0 Å². The van der Waals surface area contributed by atoms with Crippen LogP contribution in [0.5, 0.6) is 0 Å². The van der Waals surface area contributed by atoms with Crippen LogP contribution in [0.3, 0.4) is 0 Å². The molecule has 0 aliphatic heterocycles. The van der Waals surface area contributed by atoms with E-state index >= 15 is 0 Å². The van der Waals surface area contributed by atoms with Gasteiger partial charge in [-0.25, -0.2) is 0 Å². The first-order valence-electron chi connectivity index (χ1n) is 6.54. The van der Waals surface area contributed by atoms with Crippen molar-refractivity contribution in [2.75, 3.05) is 7.05 Å². The van der Waals surface area contributed by atoms with Gasteiger partial charge in [0.25, 0.3) is 0 Å². The summed E-state index contributed by atoms with van der Waals surface area (Å²) in [6.07, 6.45) is 5.25. The topological polar surface area (TPSA) is 36.9 Å². The van der Waals surface area contributed by atoms with Gasteiger partial charge in [-0.15, -0.1) is 0 Å². The molecule has 2 fully saturated rings. The first-order chi connectivity index (χ1) is 8.16. The number of hydrogen-bond donors (Lipinski definition) is 1. The lowest BCUT2D eigenvalue weighted by molar-refractivity contribution is 0.223. The summed E-state index contributed by atoms with van der Waals surface area (Å²) in [5.74, 6) is 1.83. The molecule has 0 amide bonds. The molecule has 0 saturated heterocycles. The van der Waals surface area contributed by atoms with Crippen molar-refractivity contribution in [2.24, 2.45) is 0 Å². The van der Waals surface area contributed by atoms with Gasteiger partial charge in [-0.1, -0.05) is 0 Å². The van der Waals surface area contributed by atoms with Crippen LogP contribution in [0.4, 0.5) is 0 Å². The molecular formula is C12H20N4S. The van der Waals surface area contributed by atoms with Crippen LogP contribution >= 0.6 is 12.2 Å². The smallest absolute Gasteiger partial charge is 0.195 e. The third kappa shape index (κ3) is 2.31. The van der Waals surface area contributed by atoms with E-state index in [1.54, 1.807) is 0 Å². The number of likely N-dealkylation sites (N-methyl/N-ethyl adjacent to an activating group) is 1. The highest BCUT2D eigenvalue weighted by Gasteiger charge is 2.32. The van der Waals surface area contributed by atoms with Gasteiger partial charge in [-0.3, -0.25) is 10.00 Å². The van der Waals surface area contributed by atoms with Crippen molar-refractivity contribution >= 4 is 12.2 Å². The molecule has 1 aromatic heterocycles. The van der Waals surface area contributed by atoms with Crippen LogP contribution in [0.25, 0.3) is 0 Å². The van der Waals surface area contributed by atoms with Crippen LogP contribution in [-0.4, -0.2) is 38.8 Å². The fraction of sp³-hybridized carbons (Fsp3) is 0.833. The van der Waals surface area contributed by atoms with Gasteiger partial charge in [0.05, 0.1) is 0 Å². The highest BCUT2D eigenvalue weighted by atomic mass is 32.1. The molecule has 1 aromatic rings. The summed E-state index contributed by atoms with van der Waals surface area (Å²) in [7, 11) is 2.23. The van der Waals surface area contributed by atoms with E-state index in [9.17, 15) is 0 Å². The fourth-order valence-electron chi connectivity index (χ4n) is 2.39. The molecule has 0 bridgehead atoms. The number of nitrogens with one attached hydrogen (secondary N) is 1. The summed E-state index contributed by atoms with van der Waals surface area (Å²) < 4.78 is 2.99. The average Bonchev–Trinajstić information content (AvgIpc) is 3.19. The zero-order valence-electron chi connectivity index (χ0n) is 10.5. The van der Waals surface area contributed by atoms with Crippen LogP contribution in [0.2, 0.25) is 0 Å². The Labute approximate surface area is 107 Å². The van der Waals surface area contributed by atoms with Crippen LogP contribution in [0.1, 0.15) is 44.3 Å². The molecule has 2 saturated carbocycles. The summed E-state index contributed by atoms with van der Waals surface area (Å²) in [5.41, 5.74) is 0. The minimum Gasteiger partial charge on any atom is -0.302 e. The second kappa shape index (κ2) is 4.21. The maximum atomic E-state index is 5.33. The van der Waals surface area contributed by atoms with Crippen LogP contribution < -0.4 is 0 Å². The first kappa shape index (κ1) is 11.4. The lowest BCUT2D eigenvalue weighted by Gasteiger charge is -2.25. The Bertz CT molecular complexity index is 455. The average molecular weight is 252 g/mol. The third-order valence-corrected chi connectivity index (χ3v) is 4.31. The molecule has 5 heteroatoms. The van der Waals surface area contributed by atoms with Crippen molar-refractivity contribution in [3.63, 3.8) is 0 Å². The minimum atomic E-state index is 0.532. The van der Waals surface area contributed by atoms with Gasteiger partial charge in [-0.05, 0) is 51.9 Å². The van der Waals surface area contributed by atoms with E-state index in [0.29, 0.717) is 12.0 Å². The van der Waals surface area contributed by atoms with Crippen molar-refractivity contribution in [1.29, 1.82) is 0 Å². The van der Waals surface area contributed by atoms with Gasteiger partial charge in [0.2, 0.25) is 0 Å². The molecule has 0 radical (unpaired) electrons. The van der Waals surface area contributed by atoms with E-state index in [1.807, 2.05) is 0 Å². The van der Waals surface area contributed by atoms with Crippen molar-refractivity contribution in [1.82, 2.24) is 19.7 Å². The Kier molecular flexibility index (Phi) is 2.83. The van der Waals surface area contributed by atoms with Crippen molar-refractivity contribution in [2.45, 2.75) is 57.2 Å². The van der Waals surface area contributed by atoms with Crippen LogP contribution in [0, 0.1) is 4.77 Å². The van der Waals surface area contributed by atoms with Gasteiger partial charge < -0.3 is 4.57 Å². The first-order valence-corrected chi connectivity index (χ1v) is 6.94. The molecule has 1 N–H and O–H groups in total. The minimum absolute atomic E-state index is 0.532. The monoisotopic (exact) mass is 252 g/mol. The van der Waals surface area contributed by atoms with Gasteiger partial charge in [-0.2, -0.15) is 5.10 Å². The molecule has 0 aromatic carbocycles. The van der Waals surface area contributed by atoms with E-state index in [-0.39, 0.29) is 0 Å². The molecule has 1 atom stereocenters. The molecule has 4 nitrogen and oxygen atoms in total. The van der Waals surface area contributed by atoms with Crippen molar-refractivity contribution in [3.05, 3.63) is 10.6 Å². The normalized spacial score (nSPS) is 22.1. The quantitative estimate of drug-likeness (QED) is 0.817. The largest absolute Gasteiger partial charge is 0.302 e. The van der Waals surface area contributed by atoms with Gasteiger partial charge in [0.1, 0.15) is 5.82 Å². The SMILES string of the molecule is CC(Cn1c(C2CC2)n[nH]c1=S)N(C)C1CC1. The number of rotatable bonds is 5. The standard InChI is InChI=1S/C12H20N4S/c1-8(15(2)10-5-6-10)7-16-11(9-3-4-9)13-14-12(16)17/h8-10H,3-7H2,1-2H3,(H,14,17). The lowest BCUT2D eigenvalue weighted by Crippen LogP contribution is -2.34. The fourth-order valence-corrected chi connectivity index (χ4v) is 2.61. The summed E-state index contributed by atoms with van der Waals surface area (Å²) >= 11 is 5.33. The van der Waals surface area contributed by atoms with E-state index in [1.165, 1.54) is 31.5 Å². The summed E-state index contributed by atoms with van der Waals surface area (Å²) in [6.45, 7) is 3.25. The highest BCUT2D eigenvalue weighted by molar-refractivity contribution is 7.71. The van der Waals surface area contributed by atoms with Crippen molar-refractivity contribution in [3.8, 4) is 0 Å². The number of aromatic amines is 1. The zero-order chi connectivity index (χ0) is 12.0. The molecule has 94 valence electrons. The van der Waals surface area contributed by atoms with Gasteiger partial charge in [0, 0.05) is 24.5 Å². The Morgan fingerprint density at radius 2 is 2.18 bits per heavy atom. The Hall–Kier alpha value is -0.680. The highest BCUT2D eigenvalue weighted by Crippen LogP contribution is 2.39. The second-order valence-corrected chi connectivity index (χ2v) is 5.90. The molecule has 3 rings (SSSR count). The Morgan fingerprint density at radius 3 is 2.76 bits per heavy atom. The van der Waals surface area contributed by atoms with Crippen LogP contribution in [-0.2, 0) is 6.54 Å². The van der Waals surface area contributed by atoms with E-state index in [2.05, 4.69) is 33.6 Å². The molecular weight excluding hydrogens is 232 g/mol. The summed E-state index contributed by atoms with van der Waals surface area (Å²) in [6, 6.07) is 1.33. The maximum Gasteiger partial charge on any atom is 0.195 e. The van der Waals surface area contributed by atoms with E-state index in [4.69, 9.17) is 12.2 Å². The van der Waals surface area contributed by atoms with Gasteiger partial charge >= 0.3 is 0 Å². The molecule has 2 aliphatic rings. The molecule has 0 spiro atoms. The lowest BCUT2D eigenvalue weighted by atomic mass is 10.2. The Balaban J connectivity index is 1.74. The Morgan fingerprint density at radius 1 is 1.47 bits per heavy atom. The summed E-state index contributed by atoms with van der Waals surface area (Å²) in [5, 5.41) is 7.32. The number of hydrogen-bond acceptors (Lipinski definition) is 3. The number of H-pyrrole nitrogens is 1. The van der Waals surface area contributed by atoms with Crippen molar-refractivity contribution < 1.29 is 0 Å². The predicted molar refractivity (Wildman–Crippen MR) is 69.6 cm³/mol. The van der Waals surface area contributed by atoms with E-state index < -0.39 is 0 Å². The third-order valence-electron chi connectivity index (χ3n) is 4.00. The molecule has 2 aliphatic carbocycles. The zero-order valence-corrected chi connectivity index (χ0v) is 11.3. The summed E-state index contributed by atoms with van der Waals surface area (Å²) in [4.78, 5) is 2.48. The number of aromatic nitrogens is 3. The number of nitrogens with zero attached hydrogens (tertiary/aromatic N) is 3.